The highest BCUT2D eigenvalue weighted by atomic mass is 16.3. The highest BCUT2D eigenvalue weighted by Crippen LogP contribution is 2.27. The molecular formula is C24H25N3O2. The van der Waals surface area contributed by atoms with E-state index in [0.717, 1.165) is 12.1 Å². The zero-order chi connectivity index (χ0) is 20.4. The van der Waals surface area contributed by atoms with Gasteiger partial charge in [-0.15, -0.1) is 0 Å². The number of aryl methyl sites for hydroxylation is 1. The molecular weight excluding hydrogens is 362 g/mol. The molecule has 0 aliphatic heterocycles. The fourth-order valence-corrected chi connectivity index (χ4v) is 3.99. The van der Waals surface area contributed by atoms with Crippen LogP contribution < -0.4 is 5.56 Å². The van der Waals surface area contributed by atoms with Gasteiger partial charge in [0.15, 0.2) is 0 Å². The summed E-state index contributed by atoms with van der Waals surface area (Å²) in [5.41, 5.74) is 4.14. The second-order valence-corrected chi connectivity index (χ2v) is 7.11. The maximum atomic E-state index is 13.0. The second kappa shape index (κ2) is 8.05. The molecule has 0 bridgehead atoms. The molecule has 0 fully saturated rings. The molecule has 0 saturated carbocycles. The molecule has 2 aromatic carbocycles. The summed E-state index contributed by atoms with van der Waals surface area (Å²) >= 11 is 0. The van der Waals surface area contributed by atoms with Crippen LogP contribution in [0.3, 0.4) is 0 Å². The summed E-state index contributed by atoms with van der Waals surface area (Å²) < 4.78 is 3.95. The molecule has 0 spiro atoms. The van der Waals surface area contributed by atoms with Crippen LogP contribution in [0.2, 0.25) is 0 Å². The normalized spacial score (nSPS) is 11.8. The van der Waals surface area contributed by atoms with Crippen LogP contribution in [-0.4, -0.2) is 25.8 Å². The van der Waals surface area contributed by atoms with Crippen molar-refractivity contribution in [1.82, 2.24) is 14.1 Å². The summed E-state index contributed by atoms with van der Waals surface area (Å²) in [5.74, 6) is 0.606. The van der Waals surface area contributed by atoms with Gasteiger partial charge in [-0.1, -0.05) is 30.3 Å². The summed E-state index contributed by atoms with van der Waals surface area (Å²) in [5, 5.41) is 11.0. The van der Waals surface area contributed by atoms with Gasteiger partial charge in [0, 0.05) is 41.9 Å². The van der Waals surface area contributed by atoms with E-state index in [2.05, 4.69) is 42.7 Å². The van der Waals surface area contributed by atoms with Crippen LogP contribution in [0.4, 0.5) is 0 Å². The van der Waals surface area contributed by atoms with Crippen LogP contribution in [0.1, 0.15) is 30.4 Å². The number of hydrogen-bond acceptors (Lipinski definition) is 3. The Kier molecular flexibility index (Phi) is 5.32. The van der Waals surface area contributed by atoms with Crippen molar-refractivity contribution < 1.29 is 5.11 Å². The SMILES string of the molecule is CCn1c(C)c(C=Cc2nc3ccccc3c(=O)n2CCCO)c2ccccc21. The van der Waals surface area contributed by atoms with E-state index in [4.69, 9.17) is 4.98 Å². The third-order valence-electron chi connectivity index (χ3n) is 5.43. The third-order valence-corrected chi connectivity index (χ3v) is 5.43. The zero-order valence-electron chi connectivity index (χ0n) is 16.8. The number of benzene rings is 2. The summed E-state index contributed by atoms with van der Waals surface area (Å²) in [4.78, 5) is 17.7. The Bertz CT molecular complexity index is 1260. The predicted octanol–water partition coefficient (Wildman–Crippen LogP) is 4.23. The number of aliphatic hydroxyl groups excluding tert-OH is 1. The number of nitrogens with zero attached hydrogens (tertiary/aromatic N) is 3. The molecule has 148 valence electrons. The lowest BCUT2D eigenvalue weighted by Crippen LogP contribution is -2.24. The Hall–Kier alpha value is -3.18. The fourth-order valence-electron chi connectivity index (χ4n) is 3.99. The van der Waals surface area contributed by atoms with Gasteiger partial charge in [-0.3, -0.25) is 9.36 Å². The predicted molar refractivity (Wildman–Crippen MR) is 119 cm³/mol. The first-order chi connectivity index (χ1) is 14.2. The van der Waals surface area contributed by atoms with E-state index in [-0.39, 0.29) is 12.2 Å². The maximum Gasteiger partial charge on any atom is 0.261 e. The van der Waals surface area contributed by atoms with Crippen LogP contribution in [-0.2, 0) is 13.1 Å². The summed E-state index contributed by atoms with van der Waals surface area (Å²) in [6, 6.07) is 15.8. The van der Waals surface area contributed by atoms with Gasteiger partial charge >= 0.3 is 0 Å². The molecule has 0 saturated heterocycles. The highest BCUT2D eigenvalue weighted by molar-refractivity contribution is 5.93. The second-order valence-electron chi connectivity index (χ2n) is 7.11. The van der Waals surface area contributed by atoms with Crippen LogP contribution in [0, 0.1) is 6.92 Å². The molecule has 2 aromatic heterocycles. The minimum atomic E-state index is -0.0728. The molecule has 0 aliphatic carbocycles. The van der Waals surface area contributed by atoms with Crippen LogP contribution in [0.5, 0.6) is 0 Å². The average Bonchev–Trinajstić information content (AvgIpc) is 3.02. The van der Waals surface area contributed by atoms with E-state index in [9.17, 15) is 9.90 Å². The van der Waals surface area contributed by atoms with Crippen molar-refractivity contribution in [1.29, 1.82) is 0 Å². The van der Waals surface area contributed by atoms with E-state index in [1.54, 1.807) is 10.6 Å². The van der Waals surface area contributed by atoms with E-state index >= 15 is 0 Å². The Balaban J connectivity index is 1.88. The summed E-state index contributed by atoms with van der Waals surface area (Å²) in [6.45, 7) is 5.63. The lowest BCUT2D eigenvalue weighted by Gasteiger charge is -2.10. The first kappa shape index (κ1) is 19.2. The van der Waals surface area contributed by atoms with Crippen molar-refractivity contribution in [3.63, 3.8) is 0 Å². The van der Waals surface area contributed by atoms with E-state index in [1.807, 2.05) is 30.3 Å². The Morgan fingerprint density at radius 3 is 2.48 bits per heavy atom. The van der Waals surface area contributed by atoms with Crippen molar-refractivity contribution in [3.05, 3.63) is 76.0 Å². The van der Waals surface area contributed by atoms with E-state index in [1.165, 1.54) is 16.6 Å². The van der Waals surface area contributed by atoms with Crippen molar-refractivity contribution in [3.8, 4) is 0 Å². The molecule has 29 heavy (non-hydrogen) atoms. The third kappa shape index (κ3) is 3.38. The molecule has 0 radical (unpaired) electrons. The number of aliphatic hydroxyl groups is 1. The minimum absolute atomic E-state index is 0.0333. The van der Waals surface area contributed by atoms with Gasteiger partial charge in [-0.05, 0) is 50.6 Å². The fraction of sp³-hybridized carbons (Fsp3) is 0.250. The van der Waals surface area contributed by atoms with Gasteiger partial charge in [0.25, 0.3) is 5.56 Å². The maximum absolute atomic E-state index is 13.0. The topological polar surface area (TPSA) is 60.0 Å². The largest absolute Gasteiger partial charge is 0.396 e. The molecule has 0 amide bonds. The smallest absolute Gasteiger partial charge is 0.261 e. The van der Waals surface area contributed by atoms with Crippen LogP contribution >= 0.6 is 0 Å². The van der Waals surface area contributed by atoms with Gasteiger partial charge in [-0.2, -0.15) is 0 Å². The Morgan fingerprint density at radius 2 is 1.72 bits per heavy atom. The average molecular weight is 387 g/mol. The number of para-hydroxylation sites is 2. The van der Waals surface area contributed by atoms with Gasteiger partial charge in [-0.25, -0.2) is 4.98 Å². The first-order valence-corrected chi connectivity index (χ1v) is 10.0. The van der Waals surface area contributed by atoms with Gasteiger partial charge in [0.1, 0.15) is 5.82 Å². The molecule has 4 rings (SSSR count). The number of rotatable bonds is 6. The van der Waals surface area contributed by atoms with Crippen LogP contribution in [0.15, 0.2) is 53.3 Å². The quantitative estimate of drug-likeness (QED) is 0.538. The van der Waals surface area contributed by atoms with E-state index in [0.29, 0.717) is 29.7 Å². The van der Waals surface area contributed by atoms with Gasteiger partial charge in [0.2, 0.25) is 0 Å². The molecule has 2 heterocycles. The van der Waals surface area contributed by atoms with Gasteiger partial charge < -0.3 is 9.67 Å². The number of hydrogen-bond donors (Lipinski definition) is 1. The van der Waals surface area contributed by atoms with E-state index < -0.39 is 0 Å². The molecule has 1 N–H and O–H groups in total. The Morgan fingerprint density at radius 1 is 1.00 bits per heavy atom. The monoisotopic (exact) mass is 387 g/mol. The van der Waals surface area contributed by atoms with Crippen LogP contribution in [0.25, 0.3) is 34.0 Å². The van der Waals surface area contributed by atoms with Gasteiger partial charge in [0.05, 0.1) is 10.9 Å². The Labute approximate surface area is 169 Å². The lowest BCUT2D eigenvalue weighted by atomic mass is 10.1. The molecule has 0 aliphatic rings. The number of fused-ring (bicyclic) bond motifs is 2. The zero-order valence-corrected chi connectivity index (χ0v) is 16.8. The van der Waals surface area contributed by atoms with Crippen molar-refractivity contribution in [2.24, 2.45) is 0 Å². The summed E-state index contributed by atoms with van der Waals surface area (Å²) in [6.07, 6.45) is 4.48. The first-order valence-electron chi connectivity index (χ1n) is 10.0. The van der Waals surface area contributed by atoms with Crippen molar-refractivity contribution in [2.45, 2.75) is 33.4 Å². The molecule has 0 unspecified atom stereocenters. The molecule has 0 atom stereocenters. The lowest BCUT2D eigenvalue weighted by molar-refractivity contribution is 0.278. The number of aromatic nitrogens is 3. The highest BCUT2D eigenvalue weighted by Gasteiger charge is 2.12. The summed E-state index contributed by atoms with van der Waals surface area (Å²) in [7, 11) is 0. The molecule has 5 heteroatoms. The van der Waals surface area contributed by atoms with Crippen molar-refractivity contribution >= 4 is 34.0 Å². The molecule has 4 aromatic rings. The van der Waals surface area contributed by atoms with Crippen molar-refractivity contribution in [2.75, 3.05) is 6.61 Å². The standard InChI is InChI=1S/C24H25N3O2/c1-3-26-17(2)18(19-9-5-7-12-22(19)26)13-14-23-25-21-11-6-4-10-20(21)24(29)27(23)15-8-16-28/h4-7,9-14,28H,3,8,15-16H2,1-2H3. The minimum Gasteiger partial charge on any atom is -0.396 e. The molecule has 5 nitrogen and oxygen atoms in total.